The third-order valence-corrected chi connectivity index (χ3v) is 4.55. The van der Waals surface area contributed by atoms with Gasteiger partial charge in [0.05, 0.1) is 5.92 Å². The van der Waals surface area contributed by atoms with E-state index >= 15 is 0 Å². The van der Waals surface area contributed by atoms with Crippen molar-refractivity contribution in [3.63, 3.8) is 0 Å². The zero-order valence-electron chi connectivity index (χ0n) is 11.8. The van der Waals surface area contributed by atoms with Crippen LogP contribution in [0.25, 0.3) is 0 Å². The summed E-state index contributed by atoms with van der Waals surface area (Å²) in [5, 5.41) is 3.28. The summed E-state index contributed by atoms with van der Waals surface area (Å²) >= 11 is 0. The van der Waals surface area contributed by atoms with Crippen LogP contribution < -0.4 is 5.32 Å². The van der Waals surface area contributed by atoms with Crippen LogP contribution in [-0.2, 0) is 17.8 Å². The molecule has 0 saturated carbocycles. The molecular weight excluding hydrogens is 236 g/mol. The van der Waals surface area contributed by atoms with Crippen LogP contribution in [0, 0.1) is 19.8 Å². The summed E-state index contributed by atoms with van der Waals surface area (Å²) in [5.41, 5.74) is 5.46. The molecule has 2 heterocycles. The van der Waals surface area contributed by atoms with Gasteiger partial charge in [-0.3, -0.25) is 4.79 Å². The van der Waals surface area contributed by atoms with Crippen LogP contribution in [0.2, 0.25) is 0 Å². The average molecular weight is 258 g/mol. The van der Waals surface area contributed by atoms with Gasteiger partial charge in [-0.2, -0.15) is 0 Å². The molecule has 1 saturated heterocycles. The van der Waals surface area contributed by atoms with Crippen LogP contribution >= 0.6 is 0 Å². The van der Waals surface area contributed by atoms with Crippen LogP contribution in [0.4, 0.5) is 0 Å². The highest BCUT2D eigenvalue weighted by Crippen LogP contribution is 2.24. The van der Waals surface area contributed by atoms with Crippen molar-refractivity contribution in [1.82, 2.24) is 10.2 Å². The minimum atomic E-state index is 0.202. The summed E-state index contributed by atoms with van der Waals surface area (Å²) in [4.78, 5) is 14.5. The van der Waals surface area contributed by atoms with Crippen molar-refractivity contribution in [2.45, 2.75) is 33.2 Å². The lowest BCUT2D eigenvalue weighted by molar-refractivity contribution is -0.135. The van der Waals surface area contributed by atoms with Gasteiger partial charge in [-0.15, -0.1) is 0 Å². The summed E-state index contributed by atoms with van der Waals surface area (Å²) in [5.74, 6) is 0.543. The van der Waals surface area contributed by atoms with E-state index in [1.165, 1.54) is 22.3 Å². The number of rotatable bonds is 1. The number of aryl methyl sites for hydroxylation is 2. The van der Waals surface area contributed by atoms with Crippen molar-refractivity contribution in [2.75, 3.05) is 19.6 Å². The Morgan fingerprint density at radius 1 is 1.26 bits per heavy atom. The van der Waals surface area contributed by atoms with E-state index in [2.05, 4.69) is 36.2 Å². The third kappa shape index (κ3) is 2.39. The Hall–Kier alpha value is -1.35. The molecule has 19 heavy (non-hydrogen) atoms. The first-order valence-corrected chi connectivity index (χ1v) is 7.23. The van der Waals surface area contributed by atoms with Crippen LogP contribution in [0.1, 0.15) is 28.7 Å². The number of nitrogens with zero attached hydrogens (tertiary/aromatic N) is 1. The topological polar surface area (TPSA) is 32.3 Å². The lowest BCUT2D eigenvalue weighted by atomic mass is 9.94. The smallest absolute Gasteiger partial charge is 0.227 e. The SMILES string of the molecule is Cc1cc2c(cc1C)CN(C(=O)C1CCNC1)CC2. The van der Waals surface area contributed by atoms with Crippen molar-refractivity contribution in [3.8, 4) is 0 Å². The zero-order chi connectivity index (χ0) is 13.4. The predicted octanol–water partition coefficient (Wildman–Crippen LogP) is 1.80. The van der Waals surface area contributed by atoms with E-state index in [4.69, 9.17) is 0 Å². The van der Waals surface area contributed by atoms with Crippen LogP contribution in [0.5, 0.6) is 0 Å². The zero-order valence-corrected chi connectivity index (χ0v) is 11.8. The normalized spacial score (nSPS) is 22.4. The number of carbonyl (C=O) groups excluding carboxylic acids is 1. The fourth-order valence-corrected chi connectivity index (χ4v) is 3.17. The number of carbonyl (C=O) groups is 1. The first kappa shape index (κ1) is 12.7. The van der Waals surface area contributed by atoms with Crippen molar-refractivity contribution in [3.05, 3.63) is 34.4 Å². The highest BCUT2D eigenvalue weighted by molar-refractivity contribution is 5.79. The van der Waals surface area contributed by atoms with E-state index in [0.717, 1.165) is 39.0 Å². The van der Waals surface area contributed by atoms with Crippen molar-refractivity contribution in [2.24, 2.45) is 5.92 Å². The molecule has 0 radical (unpaired) electrons. The van der Waals surface area contributed by atoms with Gasteiger partial charge >= 0.3 is 0 Å². The Morgan fingerprint density at radius 3 is 2.68 bits per heavy atom. The van der Waals surface area contributed by atoms with E-state index in [9.17, 15) is 4.79 Å². The van der Waals surface area contributed by atoms with Gasteiger partial charge in [-0.1, -0.05) is 12.1 Å². The predicted molar refractivity (Wildman–Crippen MR) is 76.0 cm³/mol. The Labute approximate surface area is 115 Å². The molecular formula is C16H22N2O. The van der Waals surface area contributed by atoms with Gasteiger partial charge in [-0.25, -0.2) is 0 Å². The molecule has 1 atom stereocenters. The first-order chi connectivity index (χ1) is 9.15. The summed E-state index contributed by atoms with van der Waals surface area (Å²) in [7, 11) is 0. The molecule has 0 aromatic heterocycles. The molecule has 0 bridgehead atoms. The Morgan fingerprint density at radius 2 is 2.00 bits per heavy atom. The second kappa shape index (κ2) is 4.97. The van der Waals surface area contributed by atoms with Gasteiger partial charge in [0.15, 0.2) is 0 Å². The summed E-state index contributed by atoms with van der Waals surface area (Å²) in [6.45, 7) is 7.83. The molecule has 2 aliphatic heterocycles. The van der Waals surface area contributed by atoms with Gasteiger partial charge < -0.3 is 10.2 Å². The number of fused-ring (bicyclic) bond motifs is 1. The van der Waals surface area contributed by atoms with Gasteiger partial charge in [0, 0.05) is 19.6 Å². The highest BCUT2D eigenvalue weighted by atomic mass is 16.2. The molecule has 3 rings (SSSR count). The fraction of sp³-hybridized carbons (Fsp3) is 0.562. The van der Waals surface area contributed by atoms with E-state index < -0.39 is 0 Å². The van der Waals surface area contributed by atoms with Crippen molar-refractivity contribution in [1.29, 1.82) is 0 Å². The van der Waals surface area contributed by atoms with Gasteiger partial charge in [0.1, 0.15) is 0 Å². The van der Waals surface area contributed by atoms with E-state index in [-0.39, 0.29) is 5.92 Å². The van der Waals surface area contributed by atoms with E-state index in [0.29, 0.717) is 5.91 Å². The maximum absolute atomic E-state index is 12.4. The summed E-state index contributed by atoms with van der Waals surface area (Å²) in [6, 6.07) is 4.56. The number of amides is 1. The molecule has 1 aromatic carbocycles. The second-order valence-electron chi connectivity index (χ2n) is 5.90. The monoisotopic (exact) mass is 258 g/mol. The van der Waals surface area contributed by atoms with Gasteiger partial charge in [0.2, 0.25) is 5.91 Å². The van der Waals surface area contributed by atoms with Crippen molar-refractivity contribution >= 4 is 5.91 Å². The Balaban J connectivity index is 1.78. The maximum atomic E-state index is 12.4. The standard InChI is InChI=1S/C16H22N2O/c1-11-7-13-4-6-18(10-15(13)8-12(11)2)16(19)14-3-5-17-9-14/h7-8,14,17H,3-6,9-10H2,1-2H3. The molecule has 1 amide bonds. The van der Waals surface area contributed by atoms with Gasteiger partial charge in [0.25, 0.3) is 0 Å². The van der Waals surface area contributed by atoms with Crippen molar-refractivity contribution < 1.29 is 4.79 Å². The molecule has 3 nitrogen and oxygen atoms in total. The minimum absolute atomic E-state index is 0.202. The molecule has 0 aliphatic carbocycles. The van der Waals surface area contributed by atoms with Crippen LogP contribution in [-0.4, -0.2) is 30.4 Å². The number of hydrogen-bond acceptors (Lipinski definition) is 2. The van der Waals surface area contributed by atoms with Crippen LogP contribution in [0.15, 0.2) is 12.1 Å². The lowest BCUT2D eigenvalue weighted by Crippen LogP contribution is -2.40. The molecule has 1 aromatic rings. The molecule has 3 heteroatoms. The minimum Gasteiger partial charge on any atom is -0.338 e. The quantitative estimate of drug-likeness (QED) is 0.833. The molecule has 2 aliphatic rings. The van der Waals surface area contributed by atoms with Crippen LogP contribution in [0.3, 0.4) is 0 Å². The molecule has 0 spiro atoms. The molecule has 102 valence electrons. The number of nitrogens with one attached hydrogen (secondary N) is 1. The Bertz CT molecular complexity index is 504. The number of benzene rings is 1. The molecule has 1 fully saturated rings. The lowest BCUT2D eigenvalue weighted by Gasteiger charge is -2.31. The summed E-state index contributed by atoms with van der Waals surface area (Å²) in [6.07, 6.45) is 2.00. The summed E-state index contributed by atoms with van der Waals surface area (Å²) < 4.78 is 0. The number of hydrogen-bond donors (Lipinski definition) is 1. The second-order valence-corrected chi connectivity index (χ2v) is 5.90. The average Bonchev–Trinajstić information content (AvgIpc) is 2.93. The highest BCUT2D eigenvalue weighted by Gasteiger charge is 2.29. The van der Waals surface area contributed by atoms with E-state index in [1.807, 2.05) is 0 Å². The van der Waals surface area contributed by atoms with Gasteiger partial charge in [-0.05, 0) is 55.5 Å². The fourth-order valence-electron chi connectivity index (χ4n) is 3.17. The molecule has 1 N–H and O–H groups in total. The maximum Gasteiger partial charge on any atom is 0.227 e. The largest absolute Gasteiger partial charge is 0.338 e. The Kier molecular flexibility index (Phi) is 3.31. The first-order valence-electron chi connectivity index (χ1n) is 7.23. The molecule has 1 unspecified atom stereocenters. The van der Waals surface area contributed by atoms with E-state index in [1.54, 1.807) is 0 Å². The third-order valence-electron chi connectivity index (χ3n) is 4.55.